The maximum absolute atomic E-state index is 9.30. The lowest BCUT2D eigenvalue weighted by atomic mass is 10.2. The number of nitrogens with one attached hydrogen (secondary N) is 1. The lowest BCUT2D eigenvalue weighted by molar-refractivity contribution is 0.797. The molecule has 0 amide bonds. The zero-order chi connectivity index (χ0) is 17.1. The zero-order valence-corrected chi connectivity index (χ0v) is 14.2. The second kappa shape index (κ2) is 6.71. The van der Waals surface area contributed by atoms with Crippen molar-refractivity contribution in [2.24, 2.45) is 0 Å². The molecular formula is C17H21N7. The molecule has 0 aromatic carbocycles. The van der Waals surface area contributed by atoms with Crippen molar-refractivity contribution in [1.82, 2.24) is 15.0 Å². The Kier molecular flexibility index (Phi) is 4.47. The Morgan fingerprint density at radius 3 is 2.88 bits per heavy atom. The van der Waals surface area contributed by atoms with Gasteiger partial charge in [0.05, 0.1) is 5.56 Å². The minimum Gasteiger partial charge on any atom is -0.365 e. The SMILES string of the molecule is Cc1ccc(C#N)c(N2CCC(Nc3ccnc(N(C)C)n3)C2)n1. The van der Waals surface area contributed by atoms with E-state index < -0.39 is 0 Å². The van der Waals surface area contributed by atoms with Crippen LogP contribution >= 0.6 is 0 Å². The van der Waals surface area contributed by atoms with Gasteiger partial charge >= 0.3 is 0 Å². The van der Waals surface area contributed by atoms with Crippen LogP contribution < -0.4 is 15.1 Å². The second-order valence-corrected chi connectivity index (χ2v) is 6.15. The molecular weight excluding hydrogens is 302 g/mol. The Bertz CT molecular complexity index is 766. The molecule has 0 saturated carbocycles. The lowest BCUT2D eigenvalue weighted by Gasteiger charge is -2.20. The van der Waals surface area contributed by atoms with Crippen LogP contribution in [0, 0.1) is 18.3 Å². The molecule has 0 radical (unpaired) electrons. The minimum atomic E-state index is 0.267. The average Bonchev–Trinajstić information content (AvgIpc) is 3.03. The molecule has 1 atom stereocenters. The third-order valence-corrected chi connectivity index (χ3v) is 4.02. The summed E-state index contributed by atoms with van der Waals surface area (Å²) in [7, 11) is 3.84. The van der Waals surface area contributed by atoms with Crippen molar-refractivity contribution in [3.8, 4) is 6.07 Å². The fraction of sp³-hybridized carbons (Fsp3) is 0.412. The molecule has 7 heteroatoms. The van der Waals surface area contributed by atoms with E-state index in [1.54, 1.807) is 6.20 Å². The van der Waals surface area contributed by atoms with Gasteiger partial charge in [0.2, 0.25) is 5.95 Å². The van der Waals surface area contributed by atoms with Gasteiger partial charge in [0.25, 0.3) is 0 Å². The summed E-state index contributed by atoms with van der Waals surface area (Å²) < 4.78 is 0. The summed E-state index contributed by atoms with van der Waals surface area (Å²) in [5.41, 5.74) is 1.55. The van der Waals surface area contributed by atoms with Crippen molar-refractivity contribution in [1.29, 1.82) is 5.26 Å². The summed E-state index contributed by atoms with van der Waals surface area (Å²) >= 11 is 0. The molecule has 3 heterocycles. The van der Waals surface area contributed by atoms with Crippen molar-refractivity contribution in [3.63, 3.8) is 0 Å². The maximum atomic E-state index is 9.30. The van der Waals surface area contributed by atoms with Gasteiger partial charge in [-0.25, -0.2) is 9.97 Å². The molecule has 7 nitrogen and oxygen atoms in total. The van der Waals surface area contributed by atoms with Crippen molar-refractivity contribution in [2.45, 2.75) is 19.4 Å². The van der Waals surface area contributed by atoms with E-state index in [4.69, 9.17) is 0 Å². The number of hydrogen-bond donors (Lipinski definition) is 1. The first-order chi connectivity index (χ1) is 11.6. The topological polar surface area (TPSA) is 81.0 Å². The van der Waals surface area contributed by atoms with Crippen molar-refractivity contribution >= 4 is 17.6 Å². The van der Waals surface area contributed by atoms with Crippen LogP contribution in [-0.4, -0.2) is 48.2 Å². The Morgan fingerprint density at radius 1 is 1.29 bits per heavy atom. The number of nitrogens with zero attached hydrogens (tertiary/aromatic N) is 6. The lowest BCUT2D eigenvalue weighted by Crippen LogP contribution is -2.27. The maximum Gasteiger partial charge on any atom is 0.226 e. The van der Waals surface area contributed by atoms with Gasteiger partial charge in [0.15, 0.2) is 0 Å². The molecule has 24 heavy (non-hydrogen) atoms. The van der Waals surface area contributed by atoms with E-state index in [2.05, 4.69) is 31.2 Å². The third kappa shape index (κ3) is 3.38. The molecule has 2 aromatic heterocycles. The highest BCUT2D eigenvalue weighted by Crippen LogP contribution is 2.24. The average molecular weight is 323 g/mol. The van der Waals surface area contributed by atoms with Gasteiger partial charge in [0, 0.05) is 45.1 Å². The molecule has 3 rings (SSSR count). The van der Waals surface area contributed by atoms with E-state index in [0.29, 0.717) is 11.5 Å². The Balaban J connectivity index is 1.71. The van der Waals surface area contributed by atoms with Crippen molar-refractivity contribution < 1.29 is 0 Å². The fourth-order valence-corrected chi connectivity index (χ4v) is 2.80. The Hall–Kier alpha value is -2.88. The Morgan fingerprint density at radius 2 is 2.12 bits per heavy atom. The van der Waals surface area contributed by atoms with Gasteiger partial charge in [-0.3, -0.25) is 0 Å². The van der Waals surface area contributed by atoms with Gasteiger partial charge in [0.1, 0.15) is 17.7 Å². The largest absolute Gasteiger partial charge is 0.365 e. The molecule has 1 aliphatic rings. The first-order valence-electron chi connectivity index (χ1n) is 7.96. The predicted octanol–water partition coefficient (Wildman–Crippen LogP) is 1.81. The molecule has 2 aromatic rings. The number of pyridine rings is 1. The summed E-state index contributed by atoms with van der Waals surface area (Å²) in [6.45, 7) is 3.61. The van der Waals surface area contributed by atoms with Crippen LogP contribution in [0.1, 0.15) is 17.7 Å². The van der Waals surface area contributed by atoms with Crippen LogP contribution in [0.3, 0.4) is 0 Å². The summed E-state index contributed by atoms with van der Waals surface area (Å²) in [5.74, 6) is 2.28. The highest BCUT2D eigenvalue weighted by atomic mass is 15.3. The van der Waals surface area contributed by atoms with Crippen LogP contribution in [0.25, 0.3) is 0 Å². The van der Waals surface area contributed by atoms with Gasteiger partial charge in [-0.05, 0) is 31.5 Å². The number of aryl methyl sites for hydroxylation is 1. The number of anilines is 3. The van der Waals surface area contributed by atoms with Crippen molar-refractivity contribution in [2.75, 3.05) is 42.3 Å². The number of rotatable bonds is 4. The quantitative estimate of drug-likeness (QED) is 0.919. The van der Waals surface area contributed by atoms with Crippen LogP contribution in [0.15, 0.2) is 24.4 Å². The third-order valence-electron chi connectivity index (χ3n) is 4.02. The molecule has 1 N–H and O–H groups in total. The van der Waals surface area contributed by atoms with Crippen LogP contribution in [0.4, 0.5) is 17.6 Å². The van der Waals surface area contributed by atoms with Crippen LogP contribution in [-0.2, 0) is 0 Å². The summed E-state index contributed by atoms with van der Waals surface area (Å²) in [5, 5.41) is 12.8. The molecule has 1 unspecified atom stereocenters. The van der Waals surface area contributed by atoms with Gasteiger partial charge < -0.3 is 15.1 Å². The van der Waals surface area contributed by atoms with E-state index in [1.807, 2.05) is 44.1 Å². The number of nitriles is 1. The minimum absolute atomic E-state index is 0.267. The van der Waals surface area contributed by atoms with Gasteiger partial charge in [-0.2, -0.15) is 10.2 Å². The van der Waals surface area contributed by atoms with Crippen LogP contribution in [0.2, 0.25) is 0 Å². The predicted molar refractivity (Wildman–Crippen MR) is 94.3 cm³/mol. The number of hydrogen-bond acceptors (Lipinski definition) is 7. The monoisotopic (exact) mass is 323 g/mol. The summed E-state index contributed by atoms with van der Waals surface area (Å²) in [6.07, 6.45) is 2.73. The molecule has 0 bridgehead atoms. The molecule has 0 spiro atoms. The summed E-state index contributed by atoms with van der Waals surface area (Å²) in [6, 6.07) is 8.09. The molecule has 1 fully saturated rings. The van der Waals surface area contributed by atoms with Crippen molar-refractivity contribution in [3.05, 3.63) is 35.7 Å². The summed E-state index contributed by atoms with van der Waals surface area (Å²) in [4.78, 5) is 17.3. The van der Waals surface area contributed by atoms with E-state index >= 15 is 0 Å². The standard InChI is InChI=1S/C17H21N7/c1-12-4-5-13(10-18)16(20-12)24-9-7-14(11-24)21-15-6-8-19-17(22-15)23(2)3/h4-6,8,14H,7,9,11H2,1-3H3,(H,19,21,22). The second-order valence-electron chi connectivity index (χ2n) is 6.15. The van der Waals surface area contributed by atoms with E-state index in [-0.39, 0.29) is 6.04 Å². The number of aromatic nitrogens is 3. The first kappa shape index (κ1) is 16.0. The van der Waals surface area contributed by atoms with Gasteiger partial charge in [-0.1, -0.05) is 0 Å². The molecule has 1 saturated heterocycles. The normalized spacial score (nSPS) is 16.8. The Labute approximate surface area is 142 Å². The highest BCUT2D eigenvalue weighted by Gasteiger charge is 2.25. The smallest absolute Gasteiger partial charge is 0.226 e. The fourth-order valence-electron chi connectivity index (χ4n) is 2.80. The highest BCUT2D eigenvalue weighted by molar-refractivity contribution is 5.55. The van der Waals surface area contributed by atoms with E-state index in [1.165, 1.54) is 0 Å². The molecule has 124 valence electrons. The van der Waals surface area contributed by atoms with E-state index in [0.717, 1.165) is 36.8 Å². The molecule has 1 aliphatic heterocycles. The van der Waals surface area contributed by atoms with Crippen LogP contribution in [0.5, 0.6) is 0 Å². The zero-order valence-electron chi connectivity index (χ0n) is 14.2. The van der Waals surface area contributed by atoms with E-state index in [9.17, 15) is 5.26 Å². The first-order valence-corrected chi connectivity index (χ1v) is 7.96. The van der Waals surface area contributed by atoms with Gasteiger partial charge in [-0.15, -0.1) is 0 Å². The molecule has 0 aliphatic carbocycles.